The number of nitrogens with one attached hydrogen (secondary N) is 1. The molecule has 0 aliphatic carbocycles. The van der Waals surface area contributed by atoms with Crippen molar-refractivity contribution in [1.29, 1.82) is 0 Å². The van der Waals surface area contributed by atoms with Crippen LogP contribution in [0.1, 0.15) is 58.1 Å². The molecule has 2 spiro atoms. The Morgan fingerprint density at radius 2 is 1.50 bits per heavy atom. The minimum Gasteiger partial charge on any atom is -0.384 e. The Bertz CT molecular complexity index is 1330. The molecule has 0 saturated carbocycles. The van der Waals surface area contributed by atoms with Crippen LogP contribution in [0, 0.1) is 0 Å². The Labute approximate surface area is 268 Å². The van der Waals surface area contributed by atoms with E-state index in [1.54, 1.807) is 46.1 Å². The molecule has 1 aromatic rings. The molecule has 4 rings (SSSR count). The molecule has 3 fully saturated rings. The summed E-state index contributed by atoms with van der Waals surface area (Å²) in [5.41, 5.74) is -1.82. The molecule has 16 heteroatoms. The molecule has 1 N–H and O–H groups in total. The summed E-state index contributed by atoms with van der Waals surface area (Å²) in [5.74, 6) is -2.21. The van der Waals surface area contributed by atoms with Gasteiger partial charge in [-0.3, -0.25) is 24.1 Å². The number of ether oxygens (including phenoxy) is 3. The third-order valence-corrected chi connectivity index (χ3v) is 8.05. The molecule has 46 heavy (non-hydrogen) atoms. The van der Waals surface area contributed by atoms with Crippen molar-refractivity contribution in [2.75, 3.05) is 54.2 Å². The number of hydrogen-bond donors (Lipinski definition) is 1. The van der Waals surface area contributed by atoms with Gasteiger partial charge in [0, 0.05) is 72.6 Å². The number of piperazine rings is 1. The third-order valence-electron chi connectivity index (χ3n) is 8.05. The minimum atomic E-state index is -1.88. The van der Waals surface area contributed by atoms with E-state index in [0.29, 0.717) is 57.7 Å². The van der Waals surface area contributed by atoms with Gasteiger partial charge in [0.1, 0.15) is 5.69 Å². The molecule has 3 aliphatic rings. The van der Waals surface area contributed by atoms with Gasteiger partial charge in [0.15, 0.2) is 0 Å². The van der Waals surface area contributed by atoms with Crippen LogP contribution in [0.2, 0.25) is 0 Å². The lowest BCUT2D eigenvalue weighted by atomic mass is 9.92. The highest BCUT2D eigenvalue weighted by atomic mass is 16.7. The van der Waals surface area contributed by atoms with E-state index in [1.807, 2.05) is 0 Å². The predicted molar refractivity (Wildman–Crippen MR) is 161 cm³/mol. The maximum absolute atomic E-state index is 14.5. The molecule has 3 saturated heterocycles. The zero-order chi connectivity index (χ0) is 33.3. The van der Waals surface area contributed by atoms with Crippen molar-refractivity contribution in [2.24, 2.45) is 0 Å². The van der Waals surface area contributed by atoms with Crippen LogP contribution < -0.4 is 5.32 Å². The molecule has 16 nitrogen and oxygen atoms in total. The van der Waals surface area contributed by atoms with Crippen LogP contribution in [0.25, 0.3) is 0 Å². The van der Waals surface area contributed by atoms with Gasteiger partial charge in [0.05, 0.1) is 25.9 Å². The monoisotopic (exact) mass is 647 g/mol. The van der Waals surface area contributed by atoms with Gasteiger partial charge in [-0.2, -0.15) is 0 Å². The number of methoxy groups -OCH3 is 3. The van der Waals surface area contributed by atoms with Crippen molar-refractivity contribution >= 4 is 23.6 Å². The van der Waals surface area contributed by atoms with Gasteiger partial charge >= 0.3 is 0 Å². The van der Waals surface area contributed by atoms with E-state index < -0.39 is 35.1 Å². The van der Waals surface area contributed by atoms with Crippen molar-refractivity contribution in [3.8, 4) is 0 Å². The number of carbonyl (C=O) groups excluding carboxylic acids is 4. The van der Waals surface area contributed by atoms with Crippen LogP contribution in [0.5, 0.6) is 0 Å². The molecule has 4 amide bonds. The summed E-state index contributed by atoms with van der Waals surface area (Å²) < 4.78 is 16.9. The highest BCUT2D eigenvalue weighted by Crippen LogP contribution is 2.40. The van der Waals surface area contributed by atoms with Crippen LogP contribution in [0.15, 0.2) is 29.5 Å². The summed E-state index contributed by atoms with van der Waals surface area (Å²) in [4.78, 5) is 68.6. The van der Waals surface area contributed by atoms with Crippen LogP contribution in [0.3, 0.4) is 0 Å². The van der Waals surface area contributed by atoms with Crippen molar-refractivity contribution in [2.45, 2.75) is 76.9 Å². The summed E-state index contributed by atoms with van der Waals surface area (Å²) in [6.07, 6.45) is 6.59. The van der Waals surface area contributed by atoms with E-state index in [2.05, 4.69) is 15.6 Å². The zero-order valence-corrected chi connectivity index (χ0v) is 27.3. The number of hydrogen-bond acceptors (Lipinski definition) is 11. The van der Waals surface area contributed by atoms with Crippen molar-refractivity contribution in [3.05, 3.63) is 35.2 Å². The highest BCUT2D eigenvalue weighted by Gasteiger charge is 2.64. The van der Waals surface area contributed by atoms with E-state index in [1.165, 1.54) is 17.1 Å². The first kappa shape index (κ1) is 35.2. The second kappa shape index (κ2) is 15.7. The summed E-state index contributed by atoms with van der Waals surface area (Å²) in [5, 5.41) is 13.3. The second-order valence-electron chi connectivity index (χ2n) is 11.7. The van der Waals surface area contributed by atoms with Crippen molar-refractivity contribution < 1.29 is 43.1 Å². The fourth-order valence-corrected chi connectivity index (χ4v) is 5.51. The Hall–Kier alpha value is -3.70. The molecule has 254 valence electrons. The van der Waals surface area contributed by atoms with Crippen LogP contribution in [-0.2, 0) is 56.2 Å². The predicted octanol–water partition coefficient (Wildman–Crippen LogP) is 0.849. The molecule has 3 aliphatic heterocycles. The summed E-state index contributed by atoms with van der Waals surface area (Å²) in [7, 11) is 4.73. The van der Waals surface area contributed by atoms with Gasteiger partial charge in [-0.05, 0) is 39.5 Å². The first-order valence-corrected chi connectivity index (χ1v) is 15.4. The van der Waals surface area contributed by atoms with E-state index in [4.69, 9.17) is 23.9 Å². The van der Waals surface area contributed by atoms with Crippen molar-refractivity contribution in [1.82, 2.24) is 35.3 Å². The van der Waals surface area contributed by atoms with Crippen LogP contribution in [0.4, 0.5) is 0 Å². The van der Waals surface area contributed by atoms with Gasteiger partial charge in [-0.1, -0.05) is 16.4 Å². The second-order valence-corrected chi connectivity index (χ2v) is 11.7. The average molecular weight is 648 g/mol. The van der Waals surface area contributed by atoms with E-state index in [0.717, 1.165) is 21.3 Å². The minimum absolute atomic E-state index is 0.110. The van der Waals surface area contributed by atoms with Gasteiger partial charge in [-0.15, -0.1) is 5.10 Å². The number of rotatable bonds is 13. The summed E-state index contributed by atoms with van der Waals surface area (Å²) in [6.45, 7) is 5.60. The van der Waals surface area contributed by atoms with Crippen LogP contribution in [-0.4, -0.2) is 119 Å². The lowest BCUT2D eigenvalue weighted by Gasteiger charge is -2.54. The number of carbonyl (C=O) groups is 4. The van der Waals surface area contributed by atoms with Crippen LogP contribution >= 0.6 is 0 Å². The first-order chi connectivity index (χ1) is 22.1. The average Bonchev–Trinajstić information content (AvgIpc) is 3.50. The van der Waals surface area contributed by atoms with Gasteiger partial charge < -0.3 is 19.5 Å². The topological polar surface area (TPSA) is 167 Å². The number of amides is 4. The van der Waals surface area contributed by atoms with Gasteiger partial charge in [0.2, 0.25) is 11.4 Å². The molecule has 1 aromatic heterocycles. The third kappa shape index (κ3) is 7.98. The fraction of sp³-hybridized carbons (Fsp3) is 0.667. The lowest BCUT2D eigenvalue weighted by molar-refractivity contribution is -0.319. The molecular weight excluding hydrogens is 602 g/mol. The molecule has 2 atom stereocenters. The fourth-order valence-electron chi connectivity index (χ4n) is 5.51. The SMILES string of the molecule is COCC/C(C)=C/C(=O)N1CCC[C@@]2(NC(=O)[C@]3(CCCN(C(=O)/C=C(\C)CCOC)O3)N(Cc3cn(CCOC)nn3)C2=O)O1. The Morgan fingerprint density at radius 3 is 2.11 bits per heavy atom. The van der Waals surface area contributed by atoms with E-state index in [-0.39, 0.29) is 32.5 Å². The molecule has 0 bridgehead atoms. The highest BCUT2D eigenvalue weighted by molar-refractivity contribution is 6.01. The zero-order valence-electron chi connectivity index (χ0n) is 27.3. The van der Waals surface area contributed by atoms with Crippen molar-refractivity contribution in [3.63, 3.8) is 0 Å². The number of aromatic nitrogens is 3. The molecular formula is C30H45N7O9. The standard InChI is InChI=1S/C30H45N7O9/c1-22(8-15-42-3)18-25(38)36-12-6-10-29(45-36)28(41)35(21-24-20-34(33-32-24)14-17-44-5)30(27(40)31-29)11-7-13-37(46-30)26(39)19-23(2)9-16-43-4/h18-20H,6-17,21H2,1-5H3,(H,31,40)/b22-18+,23-19+/t29-,30-/m1/s1. The molecule has 0 aromatic carbocycles. The Kier molecular flexibility index (Phi) is 12.0. The smallest absolute Gasteiger partial charge is 0.281 e. The molecule has 0 unspecified atom stereocenters. The maximum atomic E-state index is 14.5. The summed E-state index contributed by atoms with van der Waals surface area (Å²) in [6, 6.07) is 0. The van der Waals surface area contributed by atoms with Gasteiger partial charge in [0.25, 0.3) is 23.6 Å². The first-order valence-electron chi connectivity index (χ1n) is 15.4. The molecule has 0 radical (unpaired) electrons. The Morgan fingerprint density at radius 1 is 0.913 bits per heavy atom. The number of hydroxylamine groups is 4. The summed E-state index contributed by atoms with van der Waals surface area (Å²) >= 11 is 0. The van der Waals surface area contributed by atoms with E-state index >= 15 is 0 Å². The normalized spacial score (nSPS) is 24.2. The van der Waals surface area contributed by atoms with E-state index in [9.17, 15) is 19.2 Å². The van der Waals surface area contributed by atoms with Gasteiger partial charge in [-0.25, -0.2) is 24.5 Å². The Balaban J connectivity index is 1.65. The molecule has 4 heterocycles. The quantitative estimate of drug-likeness (QED) is 0.302. The maximum Gasteiger partial charge on any atom is 0.281 e. The number of nitrogens with zero attached hydrogens (tertiary/aromatic N) is 6. The lowest BCUT2D eigenvalue weighted by Crippen LogP contribution is -2.80. The largest absolute Gasteiger partial charge is 0.384 e.